The lowest BCUT2D eigenvalue weighted by molar-refractivity contribution is 0.0986. The SMILES string of the molecule is CCC(=O)c1ccccc1Oc1ccc(C(C)C)cc1. The predicted octanol–water partition coefficient (Wildman–Crippen LogP) is 5.20. The van der Waals surface area contributed by atoms with Crippen LogP contribution in [-0.4, -0.2) is 5.78 Å². The van der Waals surface area contributed by atoms with Crippen molar-refractivity contribution in [2.75, 3.05) is 0 Å². The maximum absolute atomic E-state index is 11.9. The molecule has 2 aromatic rings. The zero-order valence-corrected chi connectivity index (χ0v) is 12.2. The molecule has 0 fully saturated rings. The number of carbonyl (C=O) groups is 1. The van der Waals surface area contributed by atoms with Crippen LogP contribution >= 0.6 is 0 Å². The van der Waals surface area contributed by atoms with Gasteiger partial charge in [-0.05, 0) is 35.7 Å². The van der Waals surface area contributed by atoms with E-state index in [1.165, 1.54) is 5.56 Å². The van der Waals surface area contributed by atoms with E-state index in [1.807, 2.05) is 43.3 Å². The summed E-state index contributed by atoms with van der Waals surface area (Å²) in [7, 11) is 0. The fourth-order valence-corrected chi connectivity index (χ4v) is 2.02. The van der Waals surface area contributed by atoms with E-state index < -0.39 is 0 Å². The van der Waals surface area contributed by atoms with Crippen LogP contribution < -0.4 is 4.74 Å². The first-order valence-electron chi connectivity index (χ1n) is 7.02. The fraction of sp³-hybridized carbons (Fsp3) is 0.278. The second-order valence-electron chi connectivity index (χ2n) is 5.10. The fourth-order valence-electron chi connectivity index (χ4n) is 2.02. The predicted molar refractivity (Wildman–Crippen MR) is 81.7 cm³/mol. The standard InChI is InChI=1S/C18H20O2/c1-4-17(19)16-7-5-6-8-18(16)20-15-11-9-14(10-12-15)13(2)3/h5-13H,4H2,1-3H3. The van der Waals surface area contributed by atoms with Crippen molar-refractivity contribution in [2.45, 2.75) is 33.1 Å². The summed E-state index contributed by atoms with van der Waals surface area (Å²) >= 11 is 0. The van der Waals surface area contributed by atoms with Gasteiger partial charge in [0, 0.05) is 6.42 Å². The molecule has 2 rings (SSSR count). The number of hydrogen-bond acceptors (Lipinski definition) is 2. The van der Waals surface area contributed by atoms with Gasteiger partial charge in [-0.3, -0.25) is 4.79 Å². The maximum Gasteiger partial charge on any atom is 0.166 e. The Kier molecular flexibility index (Phi) is 4.57. The lowest BCUT2D eigenvalue weighted by atomic mass is 10.0. The molecule has 0 saturated heterocycles. The summed E-state index contributed by atoms with van der Waals surface area (Å²) in [5, 5.41) is 0. The minimum Gasteiger partial charge on any atom is -0.457 e. The Morgan fingerprint density at radius 2 is 1.70 bits per heavy atom. The lowest BCUT2D eigenvalue weighted by Gasteiger charge is -2.11. The number of benzene rings is 2. The Morgan fingerprint density at radius 3 is 2.30 bits per heavy atom. The van der Waals surface area contributed by atoms with Gasteiger partial charge in [-0.1, -0.05) is 45.0 Å². The third-order valence-corrected chi connectivity index (χ3v) is 3.28. The van der Waals surface area contributed by atoms with Gasteiger partial charge in [-0.15, -0.1) is 0 Å². The molecule has 0 N–H and O–H groups in total. The Balaban J connectivity index is 2.24. The molecule has 0 heterocycles. The number of rotatable bonds is 5. The molecule has 2 aromatic carbocycles. The van der Waals surface area contributed by atoms with Crippen molar-refractivity contribution < 1.29 is 9.53 Å². The molecule has 20 heavy (non-hydrogen) atoms. The van der Waals surface area contributed by atoms with Crippen molar-refractivity contribution in [1.82, 2.24) is 0 Å². The summed E-state index contributed by atoms with van der Waals surface area (Å²) in [6.45, 7) is 6.17. The average Bonchev–Trinajstić information content (AvgIpc) is 2.47. The average molecular weight is 268 g/mol. The van der Waals surface area contributed by atoms with E-state index in [2.05, 4.69) is 26.0 Å². The van der Waals surface area contributed by atoms with Crippen LogP contribution in [0.3, 0.4) is 0 Å². The van der Waals surface area contributed by atoms with Crippen molar-refractivity contribution in [3.63, 3.8) is 0 Å². The minimum absolute atomic E-state index is 0.0967. The zero-order valence-electron chi connectivity index (χ0n) is 12.2. The van der Waals surface area contributed by atoms with E-state index in [4.69, 9.17) is 4.74 Å². The van der Waals surface area contributed by atoms with Gasteiger partial charge < -0.3 is 4.74 Å². The Hall–Kier alpha value is -2.09. The minimum atomic E-state index is 0.0967. The van der Waals surface area contributed by atoms with Crippen LogP contribution in [0.2, 0.25) is 0 Å². The number of hydrogen-bond donors (Lipinski definition) is 0. The van der Waals surface area contributed by atoms with Crippen molar-refractivity contribution in [3.05, 3.63) is 59.7 Å². The first kappa shape index (κ1) is 14.3. The molecule has 2 nitrogen and oxygen atoms in total. The van der Waals surface area contributed by atoms with Crippen LogP contribution in [0.4, 0.5) is 0 Å². The van der Waals surface area contributed by atoms with Crippen LogP contribution in [0.15, 0.2) is 48.5 Å². The second-order valence-corrected chi connectivity index (χ2v) is 5.10. The molecule has 0 atom stereocenters. The van der Waals surface area contributed by atoms with Gasteiger partial charge in [0.25, 0.3) is 0 Å². The van der Waals surface area contributed by atoms with E-state index in [0.29, 0.717) is 23.7 Å². The van der Waals surface area contributed by atoms with Crippen molar-refractivity contribution in [3.8, 4) is 11.5 Å². The van der Waals surface area contributed by atoms with Gasteiger partial charge in [0.05, 0.1) is 5.56 Å². The highest BCUT2D eigenvalue weighted by molar-refractivity contribution is 5.98. The highest BCUT2D eigenvalue weighted by Crippen LogP contribution is 2.27. The molecule has 0 bridgehead atoms. The summed E-state index contributed by atoms with van der Waals surface area (Å²) in [4.78, 5) is 11.9. The lowest BCUT2D eigenvalue weighted by Crippen LogP contribution is -1.99. The third-order valence-electron chi connectivity index (χ3n) is 3.28. The molecule has 0 radical (unpaired) electrons. The van der Waals surface area contributed by atoms with Crippen LogP contribution in [0.1, 0.15) is 49.0 Å². The molecule has 0 spiro atoms. The first-order valence-corrected chi connectivity index (χ1v) is 7.02. The van der Waals surface area contributed by atoms with E-state index in [9.17, 15) is 4.79 Å². The highest BCUT2D eigenvalue weighted by Gasteiger charge is 2.10. The van der Waals surface area contributed by atoms with E-state index in [0.717, 1.165) is 5.75 Å². The topological polar surface area (TPSA) is 26.3 Å². The summed E-state index contributed by atoms with van der Waals surface area (Å²) in [6, 6.07) is 15.4. The van der Waals surface area contributed by atoms with Crippen molar-refractivity contribution in [2.24, 2.45) is 0 Å². The Morgan fingerprint density at radius 1 is 1.05 bits per heavy atom. The molecule has 104 valence electrons. The number of Topliss-reactive ketones (excluding diaryl/α,β-unsaturated/α-hetero) is 1. The highest BCUT2D eigenvalue weighted by atomic mass is 16.5. The zero-order chi connectivity index (χ0) is 14.5. The molecule has 0 amide bonds. The van der Waals surface area contributed by atoms with Crippen molar-refractivity contribution in [1.29, 1.82) is 0 Å². The van der Waals surface area contributed by atoms with E-state index >= 15 is 0 Å². The Labute approximate surface area is 120 Å². The summed E-state index contributed by atoms with van der Waals surface area (Å²) < 4.78 is 5.85. The van der Waals surface area contributed by atoms with Crippen LogP contribution in [-0.2, 0) is 0 Å². The quantitative estimate of drug-likeness (QED) is 0.697. The normalized spacial score (nSPS) is 10.6. The monoisotopic (exact) mass is 268 g/mol. The smallest absolute Gasteiger partial charge is 0.166 e. The van der Waals surface area contributed by atoms with Gasteiger partial charge in [-0.2, -0.15) is 0 Å². The number of carbonyl (C=O) groups excluding carboxylic acids is 1. The summed E-state index contributed by atoms with van der Waals surface area (Å²) in [5.74, 6) is 1.97. The number of ketones is 1. The van der Waals surface area contributed by atoms with Gasteiger partial charge in [0.15, 0.2) is 5.78 Å². The molecule has 0 unspecified atom stereocenters. The largest absolute Gasteiger partial charge is 0.457 e. The Bertz CT molecular complexity index is 583. The van der Waals surface area contributed by atoms with E-state index in [-0.39, 0.29) is 5.78 Å². The molecule has 2 heteroatoms. The summed E-state index contributed by atoms with van der Waals surface area (Å²) in [5.41, 5.74) is 1.92. The molecule has 0 aliphatic carbocycles. The molecule has 0 aliphatic rings. The number of para-hydroxylation sites is 1. The van der Waals surface area contributed by atoms with Gasteiger partial charge in [-0.25, -0.2) is 0 Å². The van der Waals surface area contributed by atoms with Crippen LogP contribution in [0.5, 0.6) is 11.5 Å². The number of ether oxygens (including phenoxy) is 1. The molecular weight excluding hydrogens is 248 g/mol. The molecule has 0 aliphatic heterocycles. The first-order chi connectivity index (χ1) is 9.61. The summed E-state index contributed by atoms with van der Waals surface area (Å²) in [6.07, 6.45) is 0.479. The van der Waals surface area contributed by atoms with E-state index in [1.54, 1.807) is 0 Å². The molecular formula is C18H20O2. The third kappa shape index (κ3) is 3.27. The molecule has 0 aromatic heterocycles. The van der Waals surface area contributed by atoms with Gasteiger partial charge in [0.1, 0.15) is 11.5 Å². The second kappa shape index (κ2) is 6.38. The molecule has 0 saturated carbocycles. The van der Waals surface area contributed by atoms with Crippen molar-refractivity contribution >= 4 is 5.78 Å². The maximum atomic E-state index is 11.9. The van der Waals surface area contributed by atoms with Gasteiger partial charge in [0.2, 0.25) is 0 Å². The van der Waals surface area contributed by atoms with Crippen LogP contribution in [0.25, 0.3) is 0 Å². The van der Waals surface area contributed by atoms with Gasteiger partial charge >= 0.3 is 0 Å². The van der Waals surface area contributed by atoms with Crippen LogP contribution in [0, 0.1) is 0 Å².